The molecule has 180 valence electrons. The third-order valence-corrected chi connectivity index (χ3v) is 11.4. The van der Waals surface area contributed by atoms with Gasteiger partial charge in [0.2, 0.25) is 0 Å². The third-order valence-electron chi connectivity index (χ3n) is 7.64. The van der Waals surface area contributed by atoms with Gasteiger partial charge in [-0.1, -0.05) is 50.7 Å². The van der Waals surface area contributed by atoms with Gasteiger partial charge in [0.05, 0.1) is 5.97 Å². The number of hydrogen-bond donors (Lipinski definition) is 0. The molecule has 0 N–H and O–H groups in total. The van der Waals surface area contributed by atoms with Crippen LogP contribution in [-0.2, 0) is 10.9 Å². The highest BCUT2D eigenvalue weighted by atomic mass is 32.2. The second-order valence-corrected chi connectivity index (χ2v) is 12.9. The Morgan fingerprint density at radius 3 is 1.22 bits per heavy atom. The number of carbonyl (C=O) groups is 1. The van der Waals surface area contributed by atoms with Crippen molar-refractivity contribution in [3.05, 3.63) is 35.6 Å². The molecule has 1 aromatic carbocycles. The fourth-order valence-corrected chi connectivity index (χ4v) is 10.2. The summed E-state index contributed by atoms with van der Waals surface area (Å²) >= 11 is 0. The molecule has 0 radical (unpaired) electrons. The summed E-state index contributed by atoms with van der Waals surface area (Å²) in [6.45, 7) is 0. The lowest BCUT2D eigenvalue weighted by molar-refractivity contribution is -0.255. The summed E-state index contributed by atoms with van der Waals surface area (Å²) in [6.07, 6.45) is 28.0. The Hall–Kier alpha value is -1.03. The third kappa shape index (κ3) is 8.39. The van der Waals surface area contributed by atoms with Crippen LogP contribution in [0, 0.1) is 5.82 Å². The van der Waals surface area contributed by atoms with E-state index in [9.17, 15) is 14.3 Å². The highest BCUT2D eigenvalue weighted by Crippen LogP contribution is 2.39. The normalized spacial score (nSPS) is 22.3. The van der Waals surface area contributed by atoms with Crippen LogP contribution in [-0.4, -0.2) is 21.7 Å². The number of carboxylic acids is 1. The first-order chi connectivity index (χ1) is 15.6. The van der Waals surface area contributed by atoms with Gasteiger partial charge in [-0.25, -0.2) is 4.39 Å². The molecule has 3 aliphatic carbocycles. The van der Waals surface area contributed by atoms with E-state index in [1.807, 2.05) is 0 Å². The van der Waals surface area contributed by atoms with Gasteiger partial charge in [-0.3, -0.25) is 0 Å². The molecule has 1 aromatic rings. The van der Waals surface area contributed by atoms with Crippen molar-refractivity contribution in [1.29, 1.82) is 0 Å². The maximum absolute atomic E-state index is 12.1. The van der Waals surface area contributed by atoms with Crippen molar-refractivity contribution in [1.82, 2.24) is 0 Å². The SMILES string of the molecule is C1CCCC([S+](C2CCCCCC2)C2CCCCCC2)CC1.O=C([O-])c1ccc(F)cc1. The van der Waals surface area contributed by atoms with Crippen molar-refractivity contribution in [2.75, 3.05) is 0 Å². The van der Waals surface area contributed by atoms with Crippen LogP contribution in [0.5, 0.6) is 0 Å². The first-order valence-electron chi connectivity index (χ1n) is 13.3. The summed E-state index contributed by atoms with van der Waals surface area (Å²) < 4.78 is 12.1. The Bertz CT molecular complexity index is 590. The molecule has 3 fully saturated rings. The van der Waals surface area contributed by atoms with Gasteiger partial charge < -0.3 is 9.90 Å². The second-order valence-electron chi connectivity index (χ2n) is 10.0. The minimum atomic E-state index is -1.29. The van der Waals surface area contributed by atoms with E-state index >= 15 is 0 Å². The zero-order chi connectivity index (χ0) is 22.6. The van der Waals surface area contributed by atoms with Crippen LogP contribution in [0.15, 0.2) is 24.3 Å². The molecule has 0 saturated heterocycles. The van der Waals surface area contributed by atoms with Crippen LogP contribution in [0.3, 0.4) is 0 Å². The summed E-state index contributed by atoms with van der Waals surface area (Å²) in [5, 5.41) is 13.5. The smallest absolute Gasteiger partial charge is 0.123 e. The summed E-state index contributed by atoms with van der Waals surface area (Å²) in [7, 11) is 0.783. The van der Waals surface area contributed by atoms with E-state index in [0.717, 1.165) is 50.9 Å². The molecule has 0 aromatic heterocycles. The number of carbonyl (C=O) groups excluding carboxylic acids is 1. The van der Waals surface area contributed by atoms with Gasteiger partial charge in [-0.15, -0.1) is 0 Å². The minimum Gasteiger partial charge on any atom is -0.545 e. The fraction of sp³-hybridized carbons (Fsp3) is 0.750. The zero-order valence-electron chi connectivity index (χ0n) is 19.9. The molecule has 4 rings (SSSR count). The Morgan fingerprint density at radius 1 is 0.625 bits per heavy atom. The number of rotatable bonds is 4. The number of benzene rings is 1. The van der Waals surface area contributed by atoms with Crippen molar-refractivity contribution >= 4 is 16.9 Å². The topological polar surface area (TPSA) is 40.1 Å². The van der Waals surface area contributed by atoms with Crippen LogP contribution in [0.4, 0.5) is 4.39 Å². The van der Waals surface area contributed by atoms with E-state index in [4.69, 9.17) is 0 Å². The van der Waals surface area contributed by atoms with Gasteiger partial charge >= 0.3 is 0 Å². The van der Waals surface area contributed by atoms with Gasteiger partial charge in [0, 0.05) is 0 Å². The standard InChI is InChI=1S/C21H39S.C7H5FO2/c1-2-8-14-19(13-7-1)22(20-15-9-3-4-10-16-20)21-17-11-5-6-12-18-21;8-6-3-1-5(2-4-6)7(9)10/h19-21H,1-18H2;1-4H,(H,9,10)/q+1;/p-1. The molecule has 0 amide bonds. The average molecular weight is 463 g/mol. The molecule has 2 nitrogen and oxygen atoms in total. The molecule has 4 heteroatoms. The van der Waals surface area contributed by atoms with Gasteiger partial charge in [0.25, 0.3) is 0 Å². The average Bonchev–Trinajstić information content (AvgIpc) is 3.32. The molecule has 0 heterocycles. The molecular weight excluding hydrogens is 419 g/mol. The zero-order valence-corrected chi connectivity index (χ0v) is 20.7. The Balaban J connectivity index is 0.000000243. The van der Waals surface area contributed by atoms with Crippen LogP contribution < -0.4 is 5.11 Å². The lowest BCUT2D eigenvalue weighted by atomic mass is 10.2. The van der Waals surface area contributed by atoms with E-state index in [1.165, 1.54) is 38.5 Å². The summed E-state index contributed by atoms with van der Waals surface area (Å²) in [4.78, 5) is 10.1. The van der Waals surface area contributed by atoms with E-state index in [-0.39, 0.29) is 5.56 Å². The van der Waals surface area contributed by atoms with Crippen LogP contribution in [0.1, 0.15) is 126 Å². The molecule has 0 bridgehead atoms. The lowest BCUT2D eigenvalue weighted by Gasteiger charge is -2.30. The predicted molar refractivity (Wildman–Crippen MR) is 133 cm³/mol. The summed E-state index contributed by atoms with van der Waals surface area (Å²) in [5.74, 6) is -1.75. The van der Waals surface area contributed by atoms with Crippen molar-refractivity contribution in [2.24, 2.45) is 0 Å². The quantitative estimate of drug-likeness (QED) is 0.358. The maximum Gasteiger partial charge on any atom is 0.123 e. The van der Waals surface area contributed by atoms with Crippen LogP contribution >= 0.6 is 0 Å². The van der Waals surface area contributed by atoms with Crippen molar-refractivity contribution in [2.45, 2.75) is 131 Å². The summed E-state index contributed by atoms with van der Waals surface area (Å²) in [5.41, 5.74) is -0.0126. The monoisotopic (exact) mass is 462 g/mol. The lowest BCUT2D eigenvalue weighted by Crippen LogP contribution is -2.40. The number of halogens is 1. The molecule has 3 saturated carbocycles. The van der Waals surface area contributed by atoms with Crippen LogP contribution in [0.25, 0.3) is 0 Å². The molecule has 0 atom stereocenters. The second kappa shape index (κ2) is 14.3. The molecule has 32 heavy (non-hydrogen) atoms. The predicted octanol–water partition coefficient (Wildman–Crippen LogP) is 6.96. The Kier molecular flexibility index (Phi) is 11.4. The minimum absolute atomic E-state index is 0.0126. The van der Waals surface area contributed by atoms with E-state index in [0.29, 0.717) is 0 Å². The first-order valence-corrected chi connectivity index (χ1v) is 14.7. The van der Waals surface area contributed by atoms with Crippen molar-refractivity contribution < 1.29 is 14.3 Å². The number of hydrogen-bond acceptors (Lipinski definition) is 2. The molecule has 0 aliphatic heterocycles. The van der Waals surface area contributed by atoms with E-state index < -0.39 is 11.8 Å². The Labute approximate surface area is 198 Å². The summed E-state index contributed by atoms with van der Waals surface area (Å²) in [6, 6.07) is 4.46. The fourth-order valence-electron chi connectivity index (χ4n) is 5.94. The van der Waals surface area contributed by atoms with E-state index in [2.05, 4.69) is 0 Å². The van der Waals surface area contributed by atoms with Gasteiger partial charge in [-0.2, -0.15) is 0 Å². The Morgan fingerprint density at radius 2 is 0.938 bits per heavy atom. The highest BCUT2D eigenvalue weighted by Gasteiger charge is 2.44. The highest BCUT2D eigenvalue weighted by molar-refractivity contribution is 7.98. The van der Waals surface area contributed by atoms with Crippen molar-refractivity contribution in [3.8, 4) is 0 Å². The van der Waals surface area contributed by atoms with Gasteiger partial charge in [-0.05, 0) is 106 Å². The molecule has 0 unspecified atom stereocenters. The van der Waals surface area contributed by atoms with Gasteiger partial charge in [0.1, 0.15) is 21.6 Å². The molecule has 0 spiro atoms. The molecule has 3 aliphatic rings. The number of aromatic carboxylic acids is 1. The number of carboxylic acid groups (broad SMARTS) is 1. The van der Waals surface area contributed by atoms with Crippen molar-refractivity contribution in [3.63, 3.8) is 0 Å². The first kappa shape index (κ1) is 25.6. The molecular formula is C28H43FO2S. The maximum atomic E-state index is 12.1. The van der Waals surface area contributed by atoms with E-state index in [1.54, 1.807) is 77.0 Å². The largest absolute Gasteiger partial charge is 0.545 e. The van der Waals surface area contributed by atoms with Gasteiger partial charge in [0.15, 0.2) is 0 Å². The van der Waals surface area contributed by atoms with Crippen LogP contribution in [0.2, 0.25) is 0 Å².